The number of ether oxygens (including phenoxy) is 1. The zero-order valence-electron chi connectivity index (χ0n) is 19.4. The van der Waals surface area contributed by atoms with E-state index in [-0.39, 0.29) is 16.8 Å². The van der Waals surface area contributed by atoms with Crippen LogP contribution in [0.4, 0.5) is 24.5 Å². The smallest absolute Gasteiger partial charge is 0.270 e. The number of alkyl halides is 2. The summed E-state index contributed by atoms with van der Waals surface area (Å²) >= 11 is 0. The van der Waals surface area contributed by atoms with Gasteiger partial charge in [-0.3, -0.25) is 4.79 Å². The Morgan fingerprint density at radius 3 is 2.63 bits per heavy atom. The van der Waals surface area contributed by atoms with Crippen molar-refractivity contribution in [1.82, 2.24) is 4.98 Å². The minimum atomic E-state index is -3.10. The van der Waals surface area contributed by atoms with Crippen molar-refractivity contribution in [2.45, 2.75) is 19.8 Å². The molecule has 1 aliphatic rings. The highest BCUT2D eigenvalue weighted by Gasteiger charge is 2.25. The number of amides is 1. The number of aromatic nitrogens is 1. The summed E-state index contributed by atoms with van der Waals surface area (Å²) in [5, 5.41) is 2.50. The molecule has 4 rings (SSSR count). The van der Waals surface area contributed by atoms with Gasteiger partial charge >= 0.3 is 0 Å². The largest absolute Gasteiger partial charge is 0.378 e. The van der Waals surface area contributed by atoms with E-state index in [0.717, 1.165) is 18.7 Å². The maximum atomic E-state index is 14.8. The lowest BCUT2D eigenvalue weighted by molar-refractivity contribution is 0.0174. The fourth-order valence-corrected chi connectivity index (χ4v) is 3.96. The Kier molecular flexibility index (Phi) is 6.81. The summed E-state index contributed by atoms with van der Waals surface area (Å²) in [5.41, 5.74) is 2.89. The van der Waals surface area contributed by atoms with Crippen LogP contribution in [0.15, 0.2) is 48.7 Å². The average molecular weight is 480 g/mol. The number of hydrogen-bond donors (Lipinski definition) is 1. The number of halogens is 3. The Morgan fingerprint density at radius 1 is 1.20 bits per heavy atom. The minimum absolute atomic E-state index is 0.000179. The van der Waals surface area contributed by atoms with Crippen LogP contribution in [0.1, 0.15) is 34.1 Å². The molecular formula is C27H24F3N3O2. The van der Waals surface area contributed by atoms with Gasteiger partial charge in [-0.2, -0.15) is 0 Å². The van der Waals surface area contributed by atoms with Gasteiger partial charge in [0, 0.05) is 42.9 Å². The molecule has 0 spiro atoms. The first-order valence-corrected chi connectivity index (χ1v) is 11.1. The molecule has 1 saturated heterocycles. The van der Waals surface area contributed by atoms with Crippen molar-refractivity contribution in [3.63, 3.8) is 0 Å². The molecule has 0 unspecified atom stereocenters. The van der Waals surface area contributed by atoms with Crippen molar-refractivity contribution >= 4 is 17.3 Å². The zero-order valence-corrected chi connectivity index (χ0v) is 19.4. The van der Waals surface area contributed by atoms with Gasteiger partial charge in [-0.15, -0.1) is 6.42 Å². The van der Waals surface area contributed by atoms with Gasteiger partial charge in [0.2, 0.25) is 0 Å². The summed E-state index contributed by atoms with van der Waals surface area (Å²) < 4.78 is 47.6. The van der Waals surface area contributed by atoms with Crippen LogP contribution in [0.25, 0.3) is 11.1 Å². The maximum Gasteiger partial charge on any atom is 0.270 e. The normalized spacial score (nSPS) is 13.9. The number of aryl methyl sites for hydroxylation is 1. The second-order valence-corrected chi connectivity index (χ2v) is 8.41. The molecule has 1 aromatic heterocycles. The van der Waals surface area contributed by atoms with Gasteiger partial charge in [0.05, 0.1) is 24.6 Å². The van der Waals surface area contributed by atoms with E-state index in [1.807, 2.05) is 6.07 Å². The van der Waals surface area contributed by atoms with Crippen molar-refractivity contribution in [2.75, 3.05) is 36.5 Å². The van der Waals surface area contributed by atoms with E-state index in [1.54, 1.807) is 13.1 Å². The topological polar surface area (TPSA) is 54.5 Å². The highest BCUT2D eigenvalue weighted by molar-refractivity contribution is 6.04. The summed E-state index contributed by atoms with van der Waals surface area (Å²) in [6.07, 6.45) is 7.26. The van der Waals surface area contributed by atoms with Crippen molar-refractivity contribution in [3.05, 3.63) is 76.9 Å². The number of pyridine rings is 1. The quantitative estimate of drug-likeness (QED) is 0.500. The molecular weight excluding hydrogens is 455 g/mol. The Balaban J connectivity index is 1.68. The molecule has 2 heterocycles. The first-order valence-electron chi connectivity index (χ1n) is 11.1. The molecule has 1 N–H and O–H groups in total. The average Bonchev–Trinajstić information content (AvgIpc) is 2.85. The highest BCUT2D eigenvalue weighted by Crippen LogP contribution is 2.33. The number of terminal acetylenes is 1. The van der Waals surface area contributed by atoms with E-state index in [4.69, 9.17) is 11.2 Å². The van der Waals surface area contributed by atoms with E-state index in [1.165, 1.54) is 30.3 Å². The van der Waals surface area contributed by atoms with E-state index in [2.05, 4.69) is 21.1 Å². The van der Waals surface area contributed by atoms with Gasteiger partial charge in [-0.1, -0.05) is 12.1 Å². The SMILES string of the molecule is C#Cc1ncc(-c2cc(NC(=O)c3cccc(C(C)(F)F)c3)c(F)cc2C)cc1N1CCOCC1. The summed E-state index contributed by atoms with van der Waals surface area (Å²) in [5.74, 6) is -1.84. The molecule has 1 fully saturated rings. The summed E-state index contributed by atoms with van der Waals surface area (Å²) in [6.45, 7) is 4.98. The number of carbonyl (C=O) groups excluding carboxylic acids is 1. The van der Waals surface area contributed by atoms with Crippen LogP contribution in [0.2, 0.25) is 0 Å². The van der Waals surface area contributed by atoms with Crippen LogP contribution in [-0.2, 0) is 10.7 Å². The first kappa shape index (κ1) is 24.3. The number of rotatable bonds is 5. The molecule has 3 aromatic rings. The molecule has 0 saturated carbocycles. The number of benzene rings is 2. The number of anilines is 2. The highest BCUT2D eigenvalue weighted by atomic mass is 19.3. The standard InChI is InChI=1S/C27H24F3N3O2/c1-4-23-25(33-8-10-35-11-9-33)14-19(16-31-23)21-15-24(22(28)12-17(21)2)32-26(34)18-6-5-7-20(13-18)27(3,29)30/h1,5-7,12-16H,8-11H2,2-3H3,(H,32,34). The molecule has 8 heteroatoms. The molecule has 0 bridgehead atoms. The van der Waals surface area contributed by atoms with Crippen molar-refractivity contribution < 1.29 is 22.7 Å². The van der Waals surface area contributed by atoms with Crippen LogP contribution in [0, 0.1) is 25.1 Å². The van der Waals surface area contributed by atoms with Crippen molar-refractivity contribution in [1.29, 1.82) is 0 Å². The number of nitrogens with one attached hydrogen (secondary N) is 1. The molecule has 180 valence electrons. The van der Waals surface area contributed by atoms with Gasteiger partial charge in [0.25, 0.3) is 11.8 Å². The van der Waals surface area contributed by atoms with Crippen molar-refractivity contribution in [3.8, 4) is 23.5 Å². The van der Waals surface area contributed by atoms with Crippen LogP contribution < -0.4 is 10.2 Å². The van der Waals surface area contributed by atoms with Gasteiger partial charge in [-0.25, -0.2) is 18.2 Å². The Morgan fingerprint density at radius 2 is 1.94 bits per heavy atom. The second-order valence-electron chi connectivity index (χ2n) is 8.41. The Hall–Kier alpha value is -3.83. The molecule has 35 heavy (non-hydrogen) atoms. The molecule has 5 nitrogen and oxygen atoms in total. The Bertz CT molecular complexity index is 1310. The van der Waals surface area contributed by atoms with Gasteiger partial charge in [-0.05, 0) is 54.3 Å². The minimum Gasteiger partial charge on any atom is -0.378 e. The number of morpholine rings is 1. The third-order valence-corrected chi connectivity index (χ3v) is 5.86. The molecule has 0 atom stereocenters. The lowest BCUT2D eigenvalue weighted by Crippen LogP contribution is -2.36. The third kappa shape index (κ3) is 5.31. The maximum absolute atomic E-state index is 14.8. The second kappa shape index (κ2) is 9.80. The van der Waals surface area contributed by atoms with Crippen molar-refractivity contribution in [2.24, 2.45) is 0 Å². The molecule has 1 amide bonds. The number of hydrogen-bond acceptors (Lipinski definition) is 4. The Labute approximate surface area is 201 Å². The lowest BCUT2D eigenvalue weighted by Gasteiger charge is -2.29. The lowest BCUT2D eigenvalue weighted by atomic mass is 9.99. The van der Waals surface area contributed by atoms with E-state index >= 15 is 0 Å². The molecule has 0 radical (unpaired) electrons. The van der Waals surface area contributed by atoms with Crippen LogP contribution in [0.3, 0.4) is 0 Å². The van der Waals surface area contributed by atoms with Gasteiger partial charge in [0.1, 0.15) is 11.5 Å². The fraction of sp³-hybridized carbons (Fsp3) is 0.259. The van der Waals surface area contributed by atoms with E-state index < -0.39 is 17.6 Å². The zero-order chi connectivity index (χ0) is 25.2. The van der Waals surface area contributed by atoms with E-state index in [9.17, 15) is 18.0 Å². The molecule has 0 aliphatic carbocycles. The fourth-order valence-electron chi connectivity index (χ4n) is 3.96. The number of carbonyl (C=O) groups is 1. The molecule has 1 aliphatic heterocycles. The van der Waals surface area contributed by atoms with Gasteiger partial charge in [0.15, 0.2) is 0 Å². The van der Waals surface area contributed by atoms with Crippen LogP contribution >= 0.6 is 0 Å². The monoisotopic (exact) mass is 479 g/mol. The predicted molar refractivity (Wildman–Crippen MR) is 129 cm³/mol. The van der Waals surface area contributed by atoms with Crippen LogP contribution in [0.5, 0.6) is 0 Å². The van der Waals surface area contributed by atoms with E-state index in [0.29, 0.717) is 48.7 Å². The number of nitrogens with zero attached hydrogens (tertiary/aromatic N) is 2. The molecule has 2 aromatic carbocycles. The first-order chi connectivity index (χ1) is 16.7. The summed E-state index contributed by atoms with van der Waals surface area (Å²) in [7, 11) is 0. The van der Waals surface area contributed by atoms with Crippen LogP contribution in [-0.4, -0.2) is 37.2 Å². The van der Waals surface area contributed by atoms with Gasteiger partial charge < -0.3 is 15.0 Å². The third-order valence-electron chi connectivity index (χ3n) is 5.86. The predicted octanol–water partition coefficient (Wildman–Crippen LogP) is 5.38. The summed E-state index contributed by atoms with van der Waals surface area (Å²) in [4.78, 5) is 19.2. The summed E-state index contributed by atoms with van der Waals surface area (Å²) in [6, 6.07) is 9.81.